The summed E-state index contributed by atoms with van der Waals surface area (Å²) >= 11 is 11.9. The van der Waals surface area contributed by atoms with Crippen molar-refractivity contribution < 1.29 is 22.7 Å². The molecule has 2 amide bonds. The van der Waals surface area contributed by atoms with Gasteiger partial charge in [-0.1, -0.05) is 35.3 Å². The summed E-state index contributed by atoms with van der Waals surface area (Å²) in [5.41, 5.74) is 0.883. The Balaban J connectivity index is 1.60. The van der Waals surface area contributed by atoms with E-state index in [9.17, 15) is 18.0 Å². The number of carbonyl (C=O) groups excluding carboxylic acids is 2. The van der Waals surface area contributed by atoms with Gasteiger partial charge < -0.3 is 4.74 Å². The van der Waals surface area contributed by atoms with Gasteiger partial charge in [-0.3, -0.25) is 14.5 Å². The summed E-state index contributed by atoms with van der Waals surface area (Å²) in [4.78, 5) is 26.5. The molecule has 152 valence electrons. The van der Waals surface area contributed by atoms with Crippen LogP contribution in [0.5, 0.6) is 0 Å². The summed E-state index contributed by atoms with van der Waals surface area (Å²) in [5, 5.41) is 0.374. The van der Waals surface area contributed by atoms with Crippen LogP contribution in [0.2, 0.25) is 10.0 Å². The lowest BCUT2D eigenvalue weighted by Gasteiger charge is -2.26. The summed E-state index contributed by atoms with van der Waals surface area (Å²) < 4.78 is 32.3. The van der Waals surface area contributed by atoms with Crippen molar-refractivity contribution in [2.24, 2.45) is 0 Å². The van der Waals surface area contributed by atoms with Crippen molar-refractivity contribution >= 4 is 45.0 Å². The quantitative estimate of drug-likeness (QED) is 0.663. The van der Waals surface area contributed by atoms with E-state index < -0.39 is 21.8 Å². The molecule has 0 spiro atoms. The van der Waals surface area contributed by atoms with Crippen LogP contribution in [0.3, 0.4) is 0 Å². The number of hydrogen-bond acceptors (Lipinski definition) is 5. The molecule has 0 atom stereocenters. The number of benzene rings is 2. The molecule has 0 saturated carbocycles. The van der Waals surface area contributed by atoms with E-state index in [0.717, 1.165) is 4.90 Å². The van der Waals surface area contributed by atoms with Crippen LogP contribution in [-0.4, -0.2) is 55.7 Å². The molecule has 1 saturated heterocycles. The second kappa shape index (κ2) is 7.70. The molecule has 0 aliphatic carbocycles. The molecular weight excluding hydrogens is 439 g/mol. The summed E-state index contributed by atoms with van der Waals surface area (Å²) in [6.45, 7) is 1.20. The standard InChI is InChI=1S/C19H16Cl2N2O5S/c20-16-9-14-15(10-17(16)21)19(25)23(18(14)24)11-12-2-1-3-13(8-12)29(26,27)22-4-6-28-7-5-22/h1-3,8-10H,4-7,11H2. The van der Waals surface area contributed by atoms with Crippen LogP contribution in [0.25, 0.3) is 0 Å². The molecule has 2 aliphatic rings. The number of rotatable bonds is 4. The highest BCUT2D eigenvalue weighted by Gasteiger charge is 2.36. The Bertz CT molecular complexity index is 1070. The van der Waals surface area contributed by atoms with Crippen LogP contribution >= 0.6 is 23.2 Å². The maximum Gasteiger partial charge on any atom is 0.261 e. The maximum atomic E-state index is 12.9. The van der Waals surface area contributed by atoms with E-state index in [1.807, 2.05) is 0 Å². The Morgan fingerprint density at radius 1 is 0.931 bits per heavy atom. The predicted molar refractivity (Wildman–Crippen MR) is 107 cm³/mol. The van der Waals surface area contributed by atoms with Gasteiger partial charge in [0.1, 0.15) is 0 Å². The van der Waals surface area contributed by atoms with Gasteiger partial charge in [0.25, 0.3) is 11.8 Å². The lowest BCUT2D eigenvalue weighted by Crippen LogP contribution is -2.40. The van der Waals surface area contributed by atoms with Crippen molar-refractivity contribution in [2.75, 3.05) is 26.3 Å². The number of sulfonamides is 1. The number of nitrogens with zero attached hydrogens (tertiary/aromatic N) is 2. The van der Waals surface area contributed by atoms with Gasteiger partial charge in [0.05, 0.1) is 45.8 Å². The third-order valence-corrected chi connectivity index (χ3v) is 7.48. The first-order chi connectivity index (χ1) is 13.8. The fourth-order valence-corrected chi connectivity index (χ4v) is 5.16. The minimum atomic E-state index is -3.68. The Morgan fingerprint density at radius 3 is 2.10 bits per heavy atom. The van der Waals surface area contributed by atoms with Gasteiger partial charge in [-0.25, -0.2) is 8.42 Å². The zero-order valence-corrected chi connectivity index (χ0v) is 17.4. The predicted octanol–water partition coefficient (Wildman–Crippen LogP) is 2.81. The summed E-state index contributed by atoms with van der Waals surface area (Å²) in [5.74, 6) is -0.991. The number of fused-ring (bicyclic) bond motifs is 1. The van der Waals surface area contributed by atoms with Crippen LogP contribution < -0.4 is 0 Å². The molecule has 2 aromatic rings. The first kappa shape index (κ1) is 20.3. The minimum absolute atomic E-state index is 0.0615. The highest BCUT2D eigenvalue weighted by Crippen LogP contribution is 2.32. The van der Waals surface area contributed by atoms with Gasteiger partial charge in [-0.05, 0) is 29.8 Å². The lowest BCUT2D eigenvalue weighted by atomic mass is 10.1. The average Bonchev–Trinajstić information content (AvgIpc) is 2.94. The number of halogens is 2. The SMILES string of the molecule is O=C1c2cc(Cl)c(Cl)cc2C(=O)N1Cc1cccc(S(=O)(=O)N2CCOCC2)c1. The largest absolute Gasteiger partial charge is 0.379 e. The Hall–Kier alpha value is -1.97. The summed E-state index contributed by atoms with van der Waals surface area (Å²) in [6, 6.07) is 8.98. The van der Waals surface area contributed by atoms with E-state index in [4.69, 9.17) is 27.9 Å². The highest BCUT2D eigenvalue weighted by molar-refractivity contribution is 7.89. The van der Waals surface area contributed by atoms with Crippen molar-refractivity contribution in [1.29, 1.82) is 0 Å². The molecular formula is C19H16Cl2N2O5S. The van der Waals surface area contributed by atoms with Gasteiger partial charge in [-0.2, -0.15) is 4.31 Å². The van der Waals surface area contributed by atoms with Crippen LogP contribution in [0, 0.1) is 0 Å². The smallest absolute Gasteiger partial charge is 0.261 e. The van der Waals surface area contributed by atoms with Crippen molar-refractivity contribution in [3.8, 4) is 0 Å². The van der Waals surface area contributed by atoms with Gasteiger partial charge in [-0.15, -0.1) is 0 Å². The van der Waals surface area contributed by atoms with E-state index in [-0.39, 0.29) is 45.7 Å². The second-order valence-electron chi connectivity index (χ2n) is 6.67. The van der Waals surface area contributed by atoms with Crippen LogP contribution in [0.15, 0.2) is 41.3 Å². The molecule has 29 heavy (non-hydrogen) atoms. The molecule has 10 heteroatoms. The van der Waals surface area contributed by atoms with E-state index >= 15 is 0 Å². The monoisotopic (exact) mass is 454 g/mol. The van der Waals surface area contributed by atoms with E-state index in [2.05, 4.69) is 0 Å². The molecule has 2 aromatic carbocycles. The van der Waals surface area contributed by atoms with E-state index in [1.165, 1.54) is 28.6 Å². The zero-order chi connectivity index (χ0) is 20.8. The van der Waals surface area contributed by atoms with Crippen LogP contribution in [0.1, 0.15) is 26.3 Å². The number of morpholine rings is 1. The molecule has 0 bridgehead atoms. The molecule has 0 N–H and O–H groups in total. The fraction of sp³-hybridized carbons (Fsp3) is 0.263. The molecule has 1 fully saturated rings. The maximum absolute atomic E-state index is 12.9. The van der Waals surface area contributed by atoms with Gasteiger partial charge >= 0.3 is 0 Å². The average molecular weight is 455 g/mol. The molecule has 7 nitrogen and oxygen atoms in total. The zero-order valence-electron chi connectivity index (χ0n) is 15.1. The Kier molecular flexibility index (Phi) is 5.39. The molecule has 2 heterocycles. The van der Waals surface area contributed by atoms with Crippen molar-refractivity contribution in [3.63, 3.8) is 0 Å². The van der Waals surface area contributed by atoms with Crippen LogP contribution in [-0.2, 0) is 21.3 Å². The van der Waals surface area contributed by atoms with Crippen molar-refractivity contribution in [3.05, 3.63) is 63.1 Å². The van der Waals surface area contributed by atoms with Gasteiger partial charge in [0.2, 0.25) is 10.0 Å². The number of imide groups is 1. The minimum Gasteiger partial charge on any atom is -0.379 e. The Morgan fingerprint density at radius 2 is 1.52 bits per heavy atom. The van der Waals surface area contributed by atoms with Crippen molar-refractivity contribution in [2.45, 2.75) is 11.4 Å². The van der Waals surface area contributed by atoms with Gasteiger partial charge in [0, 0.05) is 13.1 Å². The third kappa shape index (κ3) is 3.67. The number of carbonyl (C=O) groups is 2. The molecule has 0 aromatic heterocycles. The molecule has 2 aliphatic heterocycles. The Labute approximate surface area is 177 Å². The molecule has 0 unspecified atom stereocenters. The highest BCUT2D eigenvalue weighted by atomic mass is 35.5. The van der Waals surface area contributed by atoms with Gasteiger partial charge in [0.15, 0.2) is 0 Å². The first-order valence-electron chi connectivity index (χ1n) is 8.81. The number of amides is 2. The normalized spacial score (nSPS) is 17.7. The third-order valence-electron chi connectivity index (χ3n) is 4.86. The topological polar surface area (TPSA) is 84.0 Å². The second-order valence-corrected chi connectivity index (χ2v) is 9.42. The molecule has 4 rings (SSSR count). The fourth-order valence-electron chi connectivity index (χ4n) is 3.35. The summed E-state index contributed by atoms with van der Waals surface area (Å²) in [7, 11) is -3.68. The summed E-state index contributed by atoms with van der Waals surface area (Å²) in [6.07, 6.45) is 0. The molecule has 0 radical (unpaired) electrons. The van der Waals surface area contributed by atoms with Crippen LogP contribution in [0.4, 0.5) is 0 Å². The lowest BCUT2D eigenvalue weighted by molar-refractivity contribution is 0.0642. The van der Waals surface area contributed by atoms with E-state index in [0.29, 0.717) is 18.8 Å². The number of hydrogen-bond donors (Lipinski definition) is 0. The van der Waals surface area contributed by atoms with E-state index in [1.54, 1.807) is 12.1 Å². The van der Waals surface area contributed by atoms with Crippen molar-refractivity contribution in [1.82, 2.24) is 9.21 Å². The first-order valence-corrected chi connectivity index (χ1v) is 11.0. The number of ether oxygens (including phenoxy) is 1.